The maximum Gasteiger partial charge on any atom is 0.180 e. The fourth-order valence-corrected chi connectivity index (χ4v) is 3.13. The molecule has 2 aliphatic rings. The van der Waals surface area contributed by atoms with Crippen LogP contribution in [0.4, 0.5) is 5.82 Å². The molecule has 1 saturated heterocycles. The average molecular weight is 311 g/mol. The molecule has 2 N–H and O–H groups in total. The van der Waals surface area contributed by atoms with Crippen molar-refractivity contribution in [3.63, 3.8) is 0 Å². The van der Waals surface area contributed by atoms with E-state index in [0.29, 0.717) is 11.9 Å². The highest BCUT2D eigenvalue weighted by molar-refractivity contribution is 5.57. The van der Waals surface area contributed by atoms with Crippen molar-refractivity contribution in [2.75, 3.05) is 25.0 Å². The lowest BCUT2D eigenvalue weighted by Crippen LogP contribution is -2.28. The summed E-state index contributed by atoms with van der Waals surface area (Å²) in [6.45, 7) is 3.43. The van der Waals surface area contributed by atoms with E-state index in [2.05, 4.69) is 15.6 Å². The van der Waals surface area contributed by atoms with Crippen molar-refractivity contribution in [1.29, 1.82) is 0 Å². The molecule has 1 unspecified atom stereocenters. The molecule has 0 amide bonds. The van der Waals surface area contributed by atoms with Gasteiger partial charge in [0.2, 0.25) is 0 Å². The second-order valence-electron chi connectivity index (χ2n) is 5.98. The molecule has 4 rings (SSSR count). The minimum atomic E-state index is 0.292. The van der Waals surface area contributed by atoms with Gasteiger partial charge in [-0.2, -0.15) is 0 Å². The molecule has 6 heteroatoms. The summed E-state index contributed by atoms with van der Waals surface area (Å²) in [5.41, 5.74) is 3.10. The van der Waals surface area contributed by atoms with Gasteiger partial charge in [0.25, 0.3) is 0 Å². The van der Waals surface area contributed by atoms with Crippen molar-refractivity contribution in [2.24, 2.45) is 0 Å². The number of hydrogen-bond donors (Lipinski definition) is 2. The van der Waals surface area contributed by atoms with Crippen LogP contribution in [-0.4, -0.2) is 40.8 Å². The van der Waals surface area contributed by atoms with Crippen LogP contribution < -0.4 is 10.6 Å². The Hall–Kier alpha value is -2.05. The second-order valence-corrected chi connectivity index (χ2v) is 5.98. The van der Waals surface area contributed by atoms with E-state index in [9.17, 15) is 0 Å². The summed E-state index contributed by atoms with van der Waals surface area (Å²) < 4.78 is 5.70. The molecule has 120 valence electrons. The molecule has 0 saturated carbocycles. The Balaban J connectivity index is 1.64. The number of anilines is 1. The van der Waals surface area contributed by atoms with Crippen LogP contribution in [0.2, 0.25) is 0 Å². The monoisotopic (exact) mass is 311 g/mol. The largest absolute Gasteiger partial charge is 0.376 e. The minimum absolute atomic E-state index is 0.292. The summed E-state index contributed by atoms with van der Waals surface area (Å²) in [6, 6.07) is 5.81. The number of fused-ring (bicyclic) bond motifs is 1. The molecule has 6 nitrogen and oxygen atoms in total. The molecule has 1 atom stereocenters. The third kappa shape index (κ3) is 3.18. The van der Waals surface area contributed by atoms with Gasteiger partial charge < -0.3 is 15.4 Å². The number of ether oxygens (including phenoxy) is 1. The maximum atomic E-state index is 5.70. The molecular weight excluding hydrogens is 290 g/mol. The lowest BCUT2D eigenvalue weighted by Gasteiger charge is -2.21. The Bertz CT molecular complexity index is 670. The average Bonchev–Trinajstić information content (AvgIpc) is 3.14. The van der Waals surface area contributed by atoms with E-state index in [4.69, 9.17) is 14.7 Å². The Morgan fingerprint density at radius 3 is 3.13 bits per heavy atom. The standard InChI is InChI=1S/C17H21N5O/c1-2-7-19-14(5-1)17-21-15-11-18-8-6-13(15)16(22-17)20-10-12-4-3-9-23-12/h1-2,5,7,12,18H,3-4,6,8-11H2,(H,20,21,22). The molecule has 0 bridgehead atoms. The molecule has 4 heterocycles. The summed E-state index contributed by atoms with van der Waals surface area (Å²) in [6.07, 6.45) is 5.29. The van der Waals surface area contributed by atoms with Crippen molar-refractivity contribution < 1.29 is 4.74 Å². The van der Waals surface area contributed by atoms with Gasteiger partial charge in [-0.3, -0.25) is 4.98 Å². The number of pyridine rings is 1. The molecular formula is C17H21N5O. The van der Waals surface area contributed by atoms with Gasteiger partial charge in [-0.25, -0.2) is 9.97 Å². The number of nitrogens with one attached hydrogen (secondary N) is 2. The van der Waals surface area contributed by atoms with Crippen molar-refractivity contribution in [2.45, 2.75) is 31.9 Å². The number of nitrogens with zero attached hydrogens (tertiary/aromatic N) is 3. The van der Waals surface area contributed by atoms with E-state index in [1.165, 1.54) is 5.56 Å². The number of hydrogen-bond acceptors (Lipinski definition) is 6. The van der Waals surface area contributed by atoms with Gasteiger partial charge in [0.1, 0.15) is 11.5 Å². The fraction of sp³-hybridized carbons (Fsp3) is 0.471. The second kappa shape index (κ2) is 6.60. The summed E-state index contributed by atoms with van der Waals surface area (Å²) in [4.78, 5) is 13.8. The Kier molecular flexibility index (Phi) is 4.17. The molecule has 2 aromatic heterocycles. The van der Waals surface area contributed by atoms with Crippen molar-refractivity contribution in [3.8, 4) is 11.5 Å². The first-order valence-electron chi connectivity index (χ1n) is 8.27. The van der Waals surface area contributed by atoms with E-state index in [1.54, 1.807) is 6.20 Å². The van der Waals surface area contributed by atoms with Gasteiger partial charge >= 0.3 is 0 Å². The lowest BCUT2D eigenvalue weighted by atomic mass is 10.1. The van der Waals surface area contributed by atoms with E-state index in [1.807, 2.05) is 18.2 Å². The molecule has 2 aromatic rings. The molecule has 0 aromatic carbocycles. The summed E-state index contributed by atoms with van der Waals surface area (Å²) in [5, 5.41) is 6.87. The van der Waals surface area contributed by atoms with Gasteiger partial charge in [-0.15, -0.1) is 0 Å². The third-order valence-electron chi connectivity index (χ3n) is 4.35. The maximum absolute atomic E-state index is 5.70. The highest BCUT2D eigenvalue weighted by Crippen LogP contribution is 2.24. The number of aromatic nitrogens is 3. The molecule has 23 heavy (non-hydrogen) atoms. The van der Waals surface area contributed by atoms with Crippen LogP contribution in [0.3, 0.4) is 0 Å². The smallest absolute Gasteiger partial charge is 0.180 e. The van der Waals surface area contributed by atoms with Crippen molar-refractivity contribution in [1.82, 2.24) is 20.3 Å². The highest BCUT2D eigenvalue weighted by Gasteiger charge is 2.20. The normalized spacial score (nSPS) is 20.3. The van der Waals surface area contributed by atoms with Crippen LogP contribution in [0.1, 0.15) is 24.1 Å². The van der Waals surface area contributed by atoms with Gasteiger partial charge in [-0.05, 0) is 37.9 Å². The van der Waals surface area contributed by atoms with Gasteiger partial charge in [0, 0.05) is 31.5 Å². The van der Waals surface area contributed by atoms with Crippen LogP contribution >= 0.6 is 0 Å². The number of rotatable bonds is 4. The van der Waals surface area contributed by atoms with E-state index < -0.39 is 0 Å². The molecule has 2 aliphatic heterocycles. The zero-order valence-electron chi connectivity index (χ0n) is 13.1. The van der Waals surface area contributed by atoms with Crippen LogP contribution in [0.5, 0.6) is 0 Å². The lowest BCUT2D eigenvalue weighted by molar-refractivity contribution is 0.120. The van der Waals surface area contributed by atoms with E-state index in [-0.39, 0.29) is 0 Å². The highest BCUT2D eigenvalue weighted by atomic mass is 16.5. The summed E-state index contributed by atoms with van der Waals surface area (Å²) in [5.74, 6) is 1.62. The summed E-state index contributed by atoms with van der Waals surface area (Å²) in [7, 11) is 0. The van der Waals surface area contributed by atoms with Gasteiger partial charge in [0.05, 0.1) is 11.8 Å². The molecule has 0 spiro atoms. The zero-order chi connectivity index (χ0) is 15.5. The summed E-state index contributed by atoms with van der Waals surface area (Å²) >= 11 is 0. The predicted octanol–water partition coefficient (Wildman–Crippen LogP) is 1.78. The topological polar surface area (TPSA) is 72.0 Å². The van der Waals surface area contributed by atoms with Crippen LogP contribution in [0.15, 0.2) is 24.4 Å². The Morgan fingerprint density at radius 1 is 1.30 bits per heavy atom. The third-order valence-corrected chi connectivity index (χ3v) is 4.35. The van der Waals surface area contributed by atoms with Gasteiger partial charge in [-0.1, -0.05) is 6.07 Å². The predicted molar refractivity (Wildman–Crippen MR) is 88.1 cm³/mol. The zero-order valence-corrected chi connectivity index (χ0v) is 13.1. The first-order chi connectivity index (χ1) is 11.4. The molecule has 1 fully saturated rings. The van der Waals surface area contributed by atoms with Crippen LogP contribution in [0.25, 0.3) is 11.5 Å². The first kappa shape index (κ1) is 14.5. The molecule has 0 aliphatic carbocycles. The van der Waals surface area contributed by atoms with Crippen LogP contribution in [0, 0.1) is 0 Å². The van der Waals surface area contributed by atoms with E-state index in [0.717, 1.165) is 62.7 Å². The quantitative estimate of drug-likeness (QED) is 0.897. The van der Waals surface area contributed by atoms with Crippen molar-refractivity contribution in [3.05, 3.63) is 35.7 Å². The minimum Gasteiger partial charge on any atom is -0.376 e. The Morgan fingerprint density at radius 2 is 2.30 bits per heavy atom. The van der Waals surface area contributed by atoms with Crippen LogP contribution in [-0.2, 0) is 17.7 Å². The SMILES string of the molecule is c1ccc(-c2nc3c(c(NCC4CCCO4)n2)CCNC3)nc1. The van der Waals surface area contributed by atoms with Crippen molar-refractivity contribution >= 4 is 5.82 Å². The van der Waals surface area contributed by atoms with Gasteiger partial charge in [0.15, 0.2) is 5.82 Å². The molecule has 0 radical (unpaired) electrons. The van der Waals surface area contributed by atoms with E-state index >= 15 is 0 Å². The first-order valence-corrected chi connectivity index (χ1v) is 8.27. The Labute approximate surface area is 135 Å². The fourth-order valence-electron chi connectivity index (χ4n) is 3.13.